The van der Waals surface area contributed by atoms with E-state index in [0.29, 0.717) is 0 Å². The second-order valence-corrected chi connectivity index (χ2v) is 21.8. The van der Waals surface area contributed by atoms with E-state index in [1.807, 2.05) is 0 Å². The highest BCUT2D eigenvalue weighted by Gasteiger charge is 2.35. The highest BCUT2D eigenvalue weighted by atomic mass is 31.2. The molecule has 0 aromatic carbocycles. The van der Waals surface area contributed by atoms with E-state index in [-0.39, 0.29) is 0 Å². The molecule has 0 aromatic heterocycles. The van der Waals surface area contributed by atoms with E-state index in [9.17, 15) is 0 Å². The fourth-order valence-corrected chi connectivity index (χ4v) is 13.5. The van der Waals surface area contributed by atoms with E-state index < -0.39 is 7.26 Å². The van der Waals surface area contributed by atoms with E-state index >= 15 is 0 Å². The molecular weight excluding hydrogens is 620 g/mol. The number of hydrogen-bond donors (Lipinski definition) is 0. The molecule has 0 radical (unpaired) electrons. The molecular formula is C49H102P+. The first-order chi connectivity index (χ1) is 24.7. The van der Waals surface area contributed by atoms with E-state index in [1.54, 1.807) is 50.3 Å². The van der Waals surface area contributed by atoms with Crippen molar-refractivity contribution in [2.45, 2.75) is 291 Å². The summed E-state index contributed by atoms with van der Waals surface area (Å²) in [7, 11) is -0.792. The average molecular weight is 722 g/mol. The first-order valence-electron chi connectivity index (χ1n) is 24.6. The Labute approximate surface area is 321 Å². The molecule has 0 atom stereocenters. The third-order valence-corrected chi connectivity index (χ3v) is 17.3. The summed E-state index contributed by atoms with van der Waals surface area (Å²) in [5.41, 5.74) is 0. The van der Waals surface area contributed by atoms with Gasteiger partial charge < -0.3 is 0 Å². The number of hydrogen-bond acceptors (Lipinski definition) is 0. The fraction of sp³-hybridized carbons (Fsp3) is 1.00. The van der Waals surface area contributed by atoms with Crippen molar-refractivity contribution in [1.82, 2.24) is 0 Å². The lowest BCUT2D eigenvalue weighted by atomic mass is 10.0. The summed E-state index contributed by atoms with van der Waals surface area (Å²) in [5, 5.41) is 0. The van der Waals surface area contributed by atoms with Crippen LogP contribution in [-0.2, 0) is 0 Å². The molecule has 1 heteroatoms. The molecule has 0 N–H and O–H groups in total. The van der Waals surface area contributed by atoms with Crippen molar-refractivity contribution < 1.29 is 0 Å². The van der Waals surface area contributed by atoms with Gasteiger partial charge in [-0.25, -0.2) is 0 Å². The van der Waals surface area contributed by atoms with Crippen LogP contribution in [0.1, 0.15) is 291 Å². The van der Waals surface area contributed by atoms with Crippen molar-refractivity contribution >= 4 is 7.26 Å². The lowest BCUT2D eigenvalue weighted by Gasteiger charge is -2.28. The summed E-state index contributed by atoms with van der Waals surface area (Å²) >= 11 is 0. The molecule has 302 valence electrons. The van der Waals surface area contributed by atoms with Gasteiger partial charge in [0.15, 0.2) is 0 Å². The lowest BCUT2D eigenvalue weighted by Crippen LogP contribution is -2.13. The van der Waals surface area contributed by atoms with Gasteiger partial charge in [-0.3, -0.25) is 0 Å². The third-order valence-electron chi connectivity index (χ3n) is 12.2. The van der Waals surface area contributed by atoms with Crippen LogP contribution in [0.3, 0.4) is 0 Å². The quantitative estimate of drug-likeness (QED) is 0.0434. The van der Waals surface area contributed by atoms with E-state index in [2.05, 4.69) is 27.7 Å². The van der Waals surface area contributed by atoms with Crippen molar-refractivity contribution in [2.24, 2.45) is 0 Å². The van der Waals surface area contributed by atoms with E-state index in [1.165, 1.54) is 238 Å². The van der Waals surface area contributed by atoms with Gasteiger partial charge in [0.2, 0.25) is 0 Å². The minimum atomic E-state index is -0.792. The standard InChI is InChI=1S/C49H102P/c1-5-9-13-17-21-25-26-27-28-29-33-37-41-45-49-50(46-42-38-34-30-22-18-14-10-6-2,47-43-39-35-31-23-19-15-11-7-3)48-44-40-36-32-24-20-16-12-8-4/h5-49H2,1-4H3/q+1. The molecule has 0 spiro atoms. The molecule has 0 aliphatic carbocycles. The average Bonchev–Trinajstić information content (AvgIpc) is 3.13. The Morgan fingerprint density at radius 3 is 0.420 bits per heavy atom. The second kappa shape index (κ2) is 43.8. The smallest absolute Gasteiger partial charge is 0.0594 e. The molecule has 0 bridgehead atoms. The summed E-state index contributed by atoms with van der Waals surface area (Å²) in [4.78, 5) is 0. The van der Waals surface area contributed by atoms with Crippen LogP contribution in [0.4, 0.5) is 0 Å². The van der Waals surface area contributed by atoms with Crippen molar-refractivity contribution in [2.75, 3.05) is 24.6 Å². The van der Waals surface area contributed by atoms with Crippen LogP contribution in [0, 0.1) is 0 Å². The van der Waals surface area contributed by atoms with Crippen LogP contribution in [-0.4, -0.2) is 24.6 Å². The number of unbranched alkanes of at least 4 members (excludes halogenated alkanes) is 37. The molecule has 0 saturated carbocycles. The zero-order valence-corrected chi connectivity index (χ0v) is 37.2. The Balaban J connectivity index is 4.79. The predicted molar refractivity (Wildman–Crippen MR) is 238 cm³/mol. The summed E-state index contributed by atoms with van der Waals surface area (Å²) < 4.78 is 0. The number of rotatable bonds is 45. The predicted octanol–water partition coefficient (Wildman–Crippen LogP) is 19.1. The Morgan fingerprint density at radius 1 is 0.160 bits per heavy atom. The van der Waals surface area contributed by atoms with Gasteiger partial charge in [-0.2, -0.15) is 0 Å². The Kier molecular flexibility index (Phi) is 44.2. The van der Waals surface area contributed by atoms with Gasteiger partial charge in [-0.1, -0.05) is 240 Å². The molecule has 0 aromatic rings. The SMILES string of the molecule is CCCCCCCCCCCCCCCC[P+](CCCCCCCCCCC)(CCCCCCCCCCC)CCCCCCCCCCC. The highest BCUT2D eigenvalue weighted by molar-refractivity contribution is 7.75. The van der Waals surface area contributed by atoms with Crippen LogP contribution in [0.25, 0.3) is 0 Å². The highest BCUT2D eigenvalue weighted by Crippen LogP contribution is 2.61. The fourth-order valence-electron chi connectivity index (χ4n) is 8.59. The minimum absolute atomic E-state index is 0.792. The van der Waals surface area contributed by atoms with Crippen LogP contribution in [0.15, 0.2) is 0 Å². The topological polar surface area (TPSA) is 0 Å². The van der Waals surface area contributed by atoms with Crippen molar-refractivity contribution in [3.05, 3.63) is 0 Å². The van der Waals surface area contributed by atoms with Crippen LogP contribution in [0.2, 0.25) is 0 Å². The van der Waals surface area contributed by atoms with Gasteiger partial charge in [0, 0.05) is 7.26 Å². The summed E-state index contributed by atoms with van der Waals surface area (Å²) in [6, 6.07) is 0. The first kappa shape index (κ1) is 50.4. The zero-order valence-electron chi connectivity index (χ0n) is 36.3. The molecule has 0 fully saturated rings. The van der Waals surface area contributed by atoms with Gasteiger partial charge in [0.05, 0.1) is 24.6 Å². The van der Waals surface area contributed by atoms with Gasteiger partial charge in [0.25, 0.3) is 0 Å². The molecule has 0 unspecified atom stereocenters. The van der Waals surface area contributed by atoms with Crippen LogP contribution in [0.5, 0.6) is 0 Å². The Bertz CT molecular complexity index is 529. The van der Waals surface area contributed by atoms with Gasteiger partial charge >= 0.3 is 0 Å². The normalized spacial score (nSPS) is 12.0. The molecule has 0 heterocycles. The van der Waals surface area contributed by atoms with Crippen molar-refractivity contribution in [3.63, 3.8) is 0 Å². The Morgan fingerprint density at radius 2 is 0.280 bits per heavy atom. The van der Waals surface area contributed by atoms with Crippen LogP contribution >= 0.6 is 7.26 Å². The molecule has 0 amide bonds. The summed E-state index contributed by atoms with van der Waals surface area (Å²) in [5.74, 6) is 0. The maximum atomic E-state index is 2.34. The van der Waals surface area contributed by atoms with Gasteiger partial charge in [0.1, 0.15) is 0 Å². The third kappa shape index (κ3) is 38.2. The Hall–Kier alpha value is 0.430. The van der Waals surface area contributed by atoms with E-state index in [4.69, 9.17) is 0 Å². The lowest BCUT2D eigenvalue weighted by molar-refractivity contribution is 0.538. The monoisotopic (exact) mass is 722 g/mol. The molecule has 0 saturated heterocycles. The van der Waals surface area contributed by atoms with Crippen molar-refractivity contribution in [3.8, 4) is 0 Å². The van der Waals surface area contributed by atoms with Crippen LogP contribution < -0.4 is 0 Å². The first-order valence-corrected chi connectivity index (χ1v) is 27.1. The molecule has 0 aliphatic rings. The van der Waals surface area contributed by atoms with Gasteiger partial charge in [-0.05, 0) is 51.4 Å². The maximum absolute atomic E-state index is 2.34. The maximum Gasteiger partial charge on any atom is 0.0594 e. The van der Waals surface area contributed by atoms with Gasteiger partial charge in [-0.15, -0.1) is 0 Å². The minimum Gasteiger partial charge on any atom is -0.0654 e. The largest absolute Gasteiger partial charge is 0.0654 e. The molecule has 0 nitrogen and oxygen atoms in total. The summed E-state index contributed by atoms with van der Waals surface area (Å²) in [6.45, 7) is 9.36. The zero-order chi connectivity index (χ0) is 36.3. The van der Waals surface area contributed by atoms with Crippen molar-refractivity contribution in [1.29, 1.82) is 0 Å². The summed E-state index contributed by atoms with van der Waals surface area (Å²) in [6.07, 6.45) is 67.7. The molecule has 50 heavy (non-hydrogen) atoms. The molecule has 0 rings (SSSR count). The van der Waals surface area contributed by atoms with E-state index in [0.717, 1.165) is 0 Å². The second-order valence-electron chi connectivity index (χ2n) is 17.3. The molecule has 0 aliphatic heterocycles.